The minimum Gasteiger partial charge on any atom is -0.496 e. The Morgan fingerprint density at radius 2 is 2.14 bits per heavy atom. The van der Waals surface area contributed by atoms with Crippen molar-refractivity contribution in [1.82, 2.24) is 10.0 Å². The Balaban J connectivity index is 0.00000392. The maximum Gasteiger partial charge on any atom is 0.208 e. The van der Waals surface area contributed by atoms with Gasteiger partial charge in [0.1, 0.15) is 5.75 Å². The summed E-state index contributed by atoms with van der Waals surface area (Å²) in [5.74, 6) is 0.465. The van der Waals surface area contributed by atoms with Crippen LogP contribution < -0.4 is 20.5 Å². The van der Waals surface area contributed by atoms with Crippen LogP contribution >= 0.6 is 24.0 Å². The highest BCUT2D eigenvalue weighted by Gasteiger charge is 2.34. The second-order valence-corrected chi connectivity index (χ2v) is 9.34. The molecule has 1 aromatic rings. The molecule has 1 aliphatic rings. The zero-order chi connectivity index (χ0) is 20.2. The highest BCUT2D eigenvalue weighted by molar-refractivity contribution is 7.88. The smallest absolute Gasteiger partial charge is 0.208 e. The molecular weight excluding hydrogens is 425 g/mol. The molecule has 160 valence electrons. The zero-order valence-corrected chi connectivity index (χ0v) is 18.7. The van der Waals surface area contributed by atoms with Crippen molar-refractivity contribution in [2.24, 2.45) is 17.8 Å². The van der Waals surface area contributed by atoms with Crippen LogP contribution in [0.15, 0.2) is 12.1 Å². The van der Waals surface area contributed by atoms with Crippen LogP contribution in [0.25, 0.3) is 0 Å². The lowest BCUT2D eigenvalue weighted by Crippen LogP contribution is -2.42. The standard InChI is InChI=1S/C18H28ClN3O4S.ClH/c1-11(18(23)14-8-15(19)16(20)9-17(14)26-2)13-5-6-21-10-12(13)4-7-22-27(3,24)25;/h8-9,11-13,21-22H,4-7,10,20H2,1-3H3;1H. The molecule has 0 radical (unpaired) electrons. The molecule has 2 rings (SSSR count). The summed E-state index contributed by atoms with van der Waals surface area (Å²) in [5, 5.41) is 3.66. The molecule has 1 fully saturated rings. The van der Waals surface area contributed by atoms with Gasteiger partial charge >= 0.3 is 0 Å². The van der Waals surface area contributed by atoms with E-state index in [1.807, 2.05) is 6.92 Å². The van der Waals surface area contributed by atoms with E-state index in [-0.39, 0.29) is 35.9 Å². The largest absolute Gasteiger partial charge is 0.496 e. The van der Waals surface area contributed by atoms with Crippen molar-refractivity contribution in [2.75, 3.05) is 38.7 Å². The number of nitrogen functional groups attached to an aromatic ring is 1. The highest BCUT2D eigenvalue weighted by atomic mass is 35.5. The summed E-state index contributed by atoms with van der Waals surface area (Å²) in [7, 11) is -1.73. The van der Waals surface area contributed by atoms with Crippen molar-refractivity contribution in [3.8, 4) is 5.75 Å². The number of anilines is 1. The molecule has 10 heteroatoms. The molecule has 0 aliphatic carbocycles. The van der Waals surface area contributed by atoms with Gasteiger partial charge in [0.2, 0.25) is 10.0 Å². The monoisotopic (exact) mass is 453 g/mol. The molecule has 1 aliphatic heterocycles. The average molecular weight is 454 g/mol. The lowest BCUT2D eigenvalue weighted by molar-refractivity contribution is 0.0807. The van der Waals surface area contributed by atoms with Gasteiger partial charge in [0.25, 0.3) is 0 Å². The molecule has 28 heavy (non-hydrogen) atoms. The number of hydrogen-bond acceptors (Lipinski definition) is 6. The number of halogens is 2. The number of piperidine rings is 1. The first-order valence-electron chi connectivity index (χ1n) is 8.96. The van der Waals surface area contributed by atoms with Gasteiger partial charge in [0, 0.05) is 18.5 Å². The lowest BCUT2D eigenvalue weighted by Gasteiger charge is -2.36. The van der Waals surface area contributed by atoms with Gasteiger partial charge in [-0.2, -0.15) is 0 Å². The molecule has 0 saturated carbocycles. The molecule has 7 nitrogen and oxygen atoms in total. The van der Waals surface area contributed by atoms with E-state index in [9.17, 15) is 13.2 Å². The van der Waals surface area contributed by atoms with Gasteiger partial charge in [-0.25, -0.2) is 13.1 Å². The number of rotatable bonds is 8. The fourth-order valence-electron chi connectivity index (χ4n) is 3.72. The Kier molecular flexibility index (Phi) is 9.49. The predicted molar refractivity (Wildman–Crippen MR) is 115 cm³/mol. The summed E-state index contributed by atoms with van der Waals surface area (Å²) in [6.07, 6.45) is 2.66. The summed E-state index contributed by atoms with van der Waals surface area (Å²) in [6.45, 7) is 3.86. The summed E-state index contributed by atoms with van der Waals surface area (Å²) in [5.41, 5.74) is 6.60. The van der Waals surface area contributed by atoms with Crippen molar-refractivity contribution in [1.29, 1.82) is 0 Å². The van der Waals surface area contributed by atoms with Crippen LogP contribution in [-0.2, 0) is 10.0 Å². The van der Waals surface area contributed by atoms with Crippen molar-refractivity contribution in [2.45, 2.75) is 19.8 Å². The van der Waals surface area contributed by atoms with Gasteiger partial charge in [-0.3, -0.25) is 4.79 Å². The summed E-state index contributed by atoms with van der Waals surface area (Å²) < 4.78 is 30.4. The summed E-state index contributed by atoms with van der Waals surface area (Å²) >= 11 is 6.11. The molecule has 4 N–H and O–H groups in total. The Morgan fingerprint density at radius 1 is 1.46 bits per heavy atom. The fraction of sp³-hybridized carbons (Fsp3) is 0.611. The van der Waals surface area contributed by atoms with Gasteiger partial charge in [0.15, 0.2) is 5.78 Å². The molecule has 3 atom stereocenters. The number of benzene rings is 1. The molecule has 3 unspecified atom stereocenters. The molecule has 0 aromatic heterocycles. The van der Waals surface area contributed by atoms with E-state index in [0.29, 0.717) is 35.0 Å². The Labute approximate surface area is 178 Å². The number of ether oxygens (including phenoxy) is 1. The Hall–Kier alpha value is -1.06. The summed E-state index contributed by atoms with van der Waals surface area (Å²) in [4.78, 5) is 13.2. The van der Waals surface area contributed by atoms with Crippen LogP contribution in [0.4, 0.5) is 5.69 Å². The fourth-order valence-corrected chi connectivity index (χ4v) is 4.37. The third-order valence-electron chi connectivity index (χ3n) is 5.19. The van der Waals surface area contributed by atoms with Crippen LogP contribution in [0.1, 0.15) is 30.1 Å². The normalized spacial score (nSPS) is 20.9. The van der Waals surface area contributed by atoms with Crippen molar-refractivity contribution in [3.63, 3.8) is 0 Å². The molecule has 1 heterocycles. The minimum absolute atomic E-state index is 0. The second-order valence-electron chi connectivity index (χ2n) is 7.10. The number of sulfonamides is 1. The van der Waals surface area contributed by atoms with Gasteiger partial charge in [0.05, 0.1) is 29.6 Å². The first kappa shape index (κ1) is 25.0. The maximum absolute atomic E-state index is 13.2. The molecular formula is C18H29Cl2N3O4S. The van der Waals surface area contributed by atoms with Gasteiger partial charge in [-0.05, 0) is 43.8 Å². The highest BCUT2D eigenvalue weighted by Crippen LogP contribution is 2.35. The number of methoxy groups -OCH3 is 1. The van der Waals surface area contributed by atoms with Crippen LogP contribution in [0, 0.1) is 17.8 Å². The number of nitrogens with one attached hydrogen (secondary N) is 2. The number of nitrogens with two attached hydrogens (primary N) is 1. The van der Waals surface area contributed by atoms with Crippen LogP contribution in [0.3, 0.4) is 0 Å². The number of carbonyl (C=O) groups excluding carboxylic acids is 1. The van der Waals surface area contributed by atoms with E-state index in [1.54, 1.807) is 12.1 Å². The van der Waals surface area contributed by atoms with E-state index in [1.165, 1.54) is 7.11 Å². The van der Waals surface area contributed by atoms with E-state index >= 15 is 0 Å². The topological polar surface area (TPSA) is 111 Å². The SMILES string of the molecule is COc1cc(N)c(Cl)cc1C(=O)C(C)C1CCNCC1CCNS(C)(=O)=O.Cl. The van der Waals surface area contributed by atoms with Gasteiger partial charge < -0.3 is 15.8 Å². The number of hydrogen-bond donors (Lipinski definition) is 3. The van der Waals surface area contributed by atoms with Crippen molar-refractivity contribution < 1.29 is 17.9 Å². The summed E-state index contributed by atoms with van der Waals surface area (Å²) in [6, 6.07) is 3.13. The number of ketones is 1. The molecule has 0 bridgehead atoms. The molecule has 1 saturated heterocycles. The zero-order valence-electron chi connectivity index (χ0n) is 16.3. The van der Waals surface area contributed by atoms with E-state index in [2.05, 4.69) is 10.0 Å². The van der Waals surface area contributed by atoms with Gasteiger partial charge in [-0.15, -0.1) is 12.4 Å². The second kappa shape index (κ2) is 10.6. The molecule has 1 aromatic carbocycles. The Bertz CT molecular complexity index is 789. The third-order valence-corrected chi connectivity index (χ3v) is 6.24. The maximum atomic E-state index is 13.2. The van der Waals surface area contributed by atoms with Crippen LogP contribution in [-0.4, -0.2) is 47.2 Å². The molecule has 0 amide bonds. The molecule has 0 spiro atoms. The number of carbonyl (C=O) groups is 1. The van der Waals surface area contributed by atoms with Crippen LogP contribution in [0.5, 0.6) is 5.75 Å². The third kappa shape index (κ3) is 6.49. The number of Topliss-reactive ketones (excluding diaryl/α,β-unsaturated/α-hetero) is 1. The Morgan fingerprint density at radius 3 is 2.75 bits per heavy atom. The van der Waals surface area contributed by atoms with Crippen molar-refractivity contribution in [3.05, 3.63) is 22.7 Å². The van der Waals surface area contributed by atoms with Gasteiger partial charge in [-0.1, -0.05) is 18.5 Å². The van der Waals surface area contributed by atoms with E-state index in [4.69, 9.17) is 22.1 Å². The predicted octanol–water partition coefficient (Wildman–Crippen LogP) is 2.34. The average Bonchev–Trinajstić information content (AvgIpc) is 2.61. The van der Waals surface area contributed by atoms with E-state index in [0.717, 1.165) is 25.8 Å². The van der Waals surface area contributed by atoms with Crippen molar-refractivity contribution >= 4 is 45.5 Å². The first-order chi connectivity index (χ1) is 12.6. The lowest BCUT2D eigenvalue weighted by atomic mass is 9.74. The van der Waals surface area contributed by atoms with E-state index < -0.39 is 10.0 Å². The first-order valence-corrected chi connectivity index (χ1v) is 11.2. The minimum atomic E-state index is -3.22. The van der Waals surface area contributed by atoms with Crippen LogP contribution in [0.2, 0.25) is 5.02 Å². The quantitative estimate of drug-likeness (QED) is 0.411.